The van der Waals surface area contributed by atoms with Crippen LogP contribution in [0.3, 0.4) is 0 Å². The molecule has 1 saturated carbocycles. The van der Waals surface area contributed by atoms with Gasteiger partial charge < -0.3 is 15.1 Å². The Labute approximate surface area is 173 Å². The molecule has 0 radical (unpaired) electrons. The number of rotatable bonds is 4. The minimum absolute atomic E-state index is 0.0506. The van der Waals surface area contributed by atoms with E-state index in [1.165, 1.54) is 0 Å². The Balaban J connectivity index is 1.53. The second-order valence-electron chi connectivity index (χ2n) is 8.01. The van der Waals surface area contributed by atoms with Crippen LogP contribution >= 0.6 is 15.9 Å². The zero-order valence-electron chi connectivity index (χ0n) is 16.2. The summed E-state index contributed by atoms with van der Waals surface area (Å²) >= 11 is 3.41. The predicted octanol–water partition coefficient (Wildman–Crippen LogP) is 2.74. The fourth-order valence-electron chi connectivity index (χ4n) is 4.56. The summed E-state index contributed by atoms with van der Waals surface area (Å²) in [5.41, 5.74) is 3.74. The Bertz CT molecular complexity index is 812. The van der Waals surface area contributed by atoms with E-state index in [0.717, 1.165) is 41.7 Å². The second-order valence-corrected chi connectivity index (χ2v) is 8.92. The minimum atomic E-state index is -0.490. The largest absolute Gasteiger partial charge is 0.325 e. The number of amidine groups is 1. The van der Waals surface area contributed by atoms with Gasteiger partial charge in [-0.05, 0) is 31.0 Å². The summed E-state index contributed by atoms with van der Waals surface area (Å²) in [4.78, 5) is 29.9. The molecule has 28 heavy (non-hydrogen) atoms. The molecule has 2 fully saturated rings. The highest BCUT2D eigenvalue weighted by Gasteiger charge is 2.51. The Morgan fingerprint density at radius 1 is 1.32 bits per heavy atom. The minimum Gasteiger partial charge on any atom is -0.325 e. The van der Waals surface area contributed by atoms with E-state index in [0.29, 0.717) is 0 Å². The van der Waals surface area contributed by atoms with Gasteiger partial charge in [-0.2, -0.15) is 5.10 Å². The molecule has 3 aliphatic rings. The Morgan fingerprint density at radius 3 is 2.79 bits per heavy atom. The highest BCUT2D eigenvalue weighted by molar-refractivity contribution is 9.10. The molecule has 3 atom stereocenters. The van der Waals surface area contributed by atoms with Crippen molar-refractivity contribution in [1.82, 2.24) is 15.2 Å². The van der Waals surface area contributed by atoms with Crippen LogP contribution in [0.15, 0.2) is 33.8 Å². The molecule has 1 aromatic carbocycles. The van der Waals surface area contributed by atoms with E-state index >= 15 is 0 Å². The molecule has 2 amide bonds. The molecule has 0 spiro atoms. The van der Waals surface area contributed by atoms with Crippen molar-refractivity contribution >= 4 is 39.3 Å². The van der Waals surface area contributed by atoms with Crippen LogP contribution in [-0.2, 0) is 9.59 Å². The molecular formula is C20H26BrN5O2. The highest BCUT2D eigenvalue weighted by Crippen LogP contribution is 2.35. The third-order valence-electron chi connectivity index (χ3n) is 5.75. The fourth-order valence-corrected chi connectivity index (χ4v) is 4.96. The zero-order chi connectivity index (χ0) is 19.8. The number of piperazine rings is 1. The maximum atomic E-state index is 13.2. The normalized spacial score (nSPS) is 26.5. The molecule has 7 nitrogen and oxygen atoms in total. The van der Waals surface area contributed by atoms with Crippen LogP contribution in [0.1, 0.15) is 39.5 Å². The second kappa shape index (κ2) is 7.73. The van der Waals surface area contributed by atoms with Crippen LogP contribution < -0.4 is 10.7 Å². The number of anilines is 1. The topological polar surface area (TPSA) is 77.0 Å². The molecule has 150 valence electrons. The van der Waals surface area contributed by atoms with Gasteiger partial charge in [-0.15, -0.1) is 0 Å². The van der Waals surface area contributed by atoms with Gasteiger partial charge in [0.2, 0.25) is 5.91 Å². The number of hydrogen-bond acceptors (Lipinski definition) is 5. The van der Waals surface area contributed by atoms with E-state index < -0.39 is 6.17 Å². The lowest BCUT2D eigenvalue weighted by Crippen LogP contribution is -2.70. The van der Waals surface area contributed by atoms with Crippen molar-refractivity contribution in [3.8, 4) is 0 Å². The summed E-state index contributed by atoms with van der Waals surface area (Å²) in [6.45, 7) is 4.27. The maximum absolute atomic E-state index is 13.2. The van der Waals surface area contributed by atoms with E-state index in [1.807, 2.05) is 24.3 Å². The SMILES string of the molecule is CC(C)C1=NNC2C(=O)N(CC(=O)Nc3cccc(Br)c3)C3CCCCC3N12. The van der Waals surface area contributed by atoms with Gasteiger partial charge >= 0.3 is 0 Å². The summed E-state index contributed by atoms with van der Waals surface area (Å²) in [7, 11) is 0. The van der Waals surface area contributed by atoms with Gasteiger partial charge in [-0.1, -0.05) is 48.7 Å². The number of hydrazone groups is 1. The number of amides is 2. The number of carbonyl (C=O) groups excluding carboxylic acids is 2. The van der Waals surface area contributed by atoms with E-state index in [-0.39, 0.29) is 36.4 Å². The average Bonchev–Trinajstić information content (AvgIpc) is 3.11. The van der Waals surface area contributed by atoms with Gasteiger partial charge in [0, 0.05) is 16.1 Å². The maximum Gasteiger partial charge on any atom is 0.268 e. The Kier molecular flexibility index (Phi) is 5.31. The molecule has 0 aromatic heterocycles. The summed E-state index contributed by atoms with van der Waals surface area (Å²) in [6, 6.07) is 7.73. The molecule has 0 bridgehead atoms. The van der Waals surface area contributed by atoms with Crippen molar-refractivity contribution < 1.29 is 9.59 Å². The first-order chi connectivity index (χ1) is 13.5. The Hall–Kier alpha value is -2.09. The van der Waals surface area contributed by atoms with Gasteiger partial charge in [0.15, 0.2) is 6.17 Å². The smallest absolute Gasteiger partial charge is 0.268 e. The number of benzene rings is 1. The summed E-state index contributed by atoms with van der Waals surface area (Å²) < 4.78 is 0.899. The molecule has 2 N–H and O–H groups in total. The molecule has 2 aliphatic heterocycles. The zero-order valence-corrected chi connectivity index (χ0v) is 17.8. The lowest BCUT2D eigenvalue weighted by atomic mass is 9.85. The van der Waals surface area contributed by atoms with Crippen molar-refractivity contribution in [3.05, 3.63) is 28.7 Å². The average molecular weight is 448 g/mol. The molecular weight excluding hydrogens is 422 g/mol. The van der Waals surface area contributed by atoms with Crippen LogP contribution in [0.4, 0.5) is 5.69 Å². The van der Waals surface area contributed by atoms with Gasteiger partial charge in [0.25, 0.3) is 5.91 Å². The number of nitrogens with one attached hydrogen (secondary N) is 2. The molecule has 2 heterocycles. The number of carbonyl (C=O) groups is 2. The molecule has 1 aliphatic carbocycles. The third-order valence-corrected chi connectivity index (χ3v) is 6.24. The van der Waals surface area contributed by atoms with E-state index in [1.54, 1.807) is 4.90 Å². The standard InChI is InChI=1S/C20H26BrN5O2/c1-12(2)18-23-24-19-20(28)25(15-8-3-4-9-16(15)26(18)19)11-17(27)22-14-7-5-6-13(21)10-14/h5-7,10,12,15-16,19,24H,3-4,8-9,11H2,1-2H3,(H,22,27). The lowest BCUT2D eigenvalue weighted by Gasteiger charge is -2.51. The summed E-state index contributed by atoms with van der Waals surface area (Å²) in [6.07, 6.45) is 3.68. The van der Waals surface area contributed by atoms with Crippen LogP contribution in [0, 0.1) is 5.92 Å². The molecule has 1 saturated heterocycles. The van der Waals surface area contributed by atoms with Crippen LogP contribution in [-0.4, -0.2) is 52.2 Å². The van der Waals surface area contributed by atoms with Gasteiger partial charge in [-0.25, -0.2) is 0 Å². The number of halogens is 1. The van der Waals surface area contributed by atoms with Crippen LogP contribution in [0.25, 0.3) is 0 Å². The first-order valence-corrected chi connectivity index (χ1v) is 10.7. The quantitative estimate of drug-likeness (QED) is 0.743. The van der Waals surface area contributed by atoms with Crippen molar-refractivity contribution in [1.29, 1.82) is 0 Å². The fraction of sp³-hybridized carbons (Fsp3) is 0.550. The molecule has 3 unspecified atom stereocenters. The van der Waals surface area contributed by atoms with Crippen LogP contribution in [0.2, 0.25) is 0 Å². The number of fused-ring (bicyclic) bond motifs is 3. The number of nitrogens with zero attached hydrogens (tertiary/aromatic N) is 3. The van der Waals surface area contributed by atoms with Crippen molar-refractivity contribution in [2.45, 2.75) is 57.8 Å². The highest BCUT2D eigenvalue weighted by atomic mass is 79.9. The van der Waals surface area contributed by atoms with E-state index in [2.05, 4.69) is 50.5 Å². The van der Waals surface area contributed by atoms with Crippen molar-refractivity contribution in [3.63, 3.8) is 0 Å². The van der Waals surface area contributed by atoms with E-state index in [4.69, 9.17) is 0 Å². The Morgan fingerprint density at radius 2 is 2.07 bits per heavy atom. The summed E-state index contributed by atoms with van der Waals surface area (Å²) in [5.74, 6) is 0.965. The van der Waals surface area contributed by atoms with Crippen LogP contribution in [0.5, 0.6) is 0 Å². The third kappa shape index (κ3) is 3.50. The lowest BCUT2D eigenvalue weighted by molar-refractivity contribution is -0.151. The monoisotopic (exact) mass is 447 g/mol. The van der Waals surface area contributed by atoms with E-state index in [9.17, 15) is 9.59 Å². The van der Waals surface area contributed by atoms with Crippen molar-refractivity contribution in [2.75, 3.05) is 11.9 Å². The number of hydrogen-bond donors (Lipinski definition) is 2. The van der Waals surface area contributed by atoms with Gasteiger partial charge in [0.05, 0.1) is 12.1 Å². The predicted molar refractivity (Wildman–Crippen MR) is 112 cm³/mol. The molecule has 4 rings (SSSR count). The summed E-state index contributed by atoms with van der Waals surface area (Å²) in [5, 5.41) is 7.36. The molecule has 1 aromatic rings. The van der Waals surface area contributed by atoms with Crippen molar-refractivity contribution in [2.24, 2.45) is 11.0 Å². The van der Waals surface area contributed by atoms with Gasteiger partial charge in [-0.3, -0.25) is 15.0 Å². The first-order valence-electron chi connectivity index (χ1n) is 9.93. The van der Waals surface area contributed by atoms with Gasteiger partial charge in [0.1, 0.15) is 12.4 Å². The molecule has 8 heteroatoms. The first kappa shape index (κ1) is 19.2.